The molecule has 2 atom stereocenters. The van der Waals surface area contributed by atoms with Gasteiger partial charge in [0.05, 0.1) is 13.2 Å². The molecule has 3 heteroatoms. The van der Waals surface area contributed by atoms with Crippen molar-refractivity contribution in [2.45, 2.75) is 33.8 Å². The Balaban J connectivity index is 2.86. The molecule has 0 spiro atoms. The van der Waals surface area contributed by atoms with Gasteiger partial charge in [-0.1, -0.05) is 39.8 Å². The van der Waals surface area contributed by atoms with Crippen LogP contribution in [0.5, 0.6) is 5.75 Å². The number of aliphatic hydroxyl groups excluding tert-OH is 1. The van der Waals surface area contributed by atoms with Crippen LogP contribution in [0.2, 0.25) is 0 Å². The van der Waals surface area contributed by atoms with Gasteiger partial charge in [-0.3, -0.25) is 4.79 Å². The molecular formula is C15H22O3. The number of carbonyl (C=O) groups is 1. The van der Waals surface area contributed by atoms with Gasteiger partial charge in [-0.25, -0.2) is 0 Å². The minimum atomic E-state index is -0.775. The van der Waals surface area contributed by atoms with E-state index in [0.717, 1.165) is 11.3 Å². The molecule has 1 aromatic rings. The molecule has 18 heavy (non-hydrogen) atoms. The van der Waals surface area contributed by atoms with Crippen molar-refractivity contribution in [1.82, 2.24) is 0 Å². The first-order valence-electron chi connectivity index (χ1n) is 6.13. The second-order valence-corrected chi connectivity index (χ2v) is 5.62. The van der Waals surface area contributed by atoms with Crippen LogP contribution in [0.4, 0.5) is 0 Å². The number of aliphatic hydroxyl groups is 1. The monoisotopic (exact) mass is 250 g/mol. The first kappa shape index (κ1) is 14.7. The molecule has 0 aliphatic rings. The van der Waals surface area contributed by atoms with Crippen molar-refractivity contribution in [2.75, 3.05) is 7.11 Å². The zero-order valence-electron chi connectivity index (χ0n) is 11.7. The third-order valence-corrected chi connectivity index (χ3v) is 3.08. The number of methoxy groups -OCH3 is 1. The van der Waals surface area contributed by atoms with Gasteiger partial charge in [0.15, 0.2) is 0 Å². The zero-order valence-corrected chi connectivity index (χ0v) is 11.7. The molecular weight excluding hydrogens is 228 g/mol. The third-order valence-electron chi connectivity index (χ3n) is 3.08. The molecule has 0 aliphatic carbocycles. The molecule has 0 heterocycles. The van der Waals surface area contributed by atoms with Crippen LogP contribution in [-0.2, 0) is 4.79 Å². The number of hydrogen-bond donors (Lipinski definition) is 1. The minimum Gasteiger partial charge on any atom is -0.497 e. The largest absolute Gasteiger partial charge is 0.497 e. The van der Waals surface area contributed by atoms with Gasteiger partial charge in [-0.05, 0) is 17.7 Å². The maximum atomic E-state index is 12.1. The average Bonchev–Trinajstić information content (AvgIpc) is 2.35. The fraction of sp³-hybridized carbons (Fsp3) is 0.533. The number of rotatable bonds is 4. The van der Waals surface area contributed by atoms with E-state index in [4.69, 9.17) is 4.74 Å². The van der Waals surface area contributed by atoms with Crippen LogP contribution >= 0.6 is 0 Å². The molecule has 100 valence electrons. The Hall–Kier alpha value is -1.35. The van der Waals surface area contributed by atoms with Crippen LogP contribution in [0.15, 0.2) is 24.3 Å². The fourth-order valence-electron chi connectivity index (χ4n) is 1.92. The highest BCUT2D eigenvalue weighted by Crippen LogP contribution is 2.30. The van der Waals surface area contributed by atoms with Gasteiger partial charge in [0.2, 0.25) is 0 Å². The van der Waals surface area contributed by atoms with E-state index in [1.54, 1.807) is 38.3 Å². The standard InChI is InChI=1S/C15H22O3/c1-10(14(17)15(2,3)4)13(16)11-6-8-12(18-5)9-7-11/h6-10,13,16H,1-5H3/t10-,13+/m1/s1. The van der Waals surface area contributed by atoms with Crippen molar-refractivity contribution in [1.29, 1.82) is 0 Å². The Labute approximate surface area is 109 Å². The lowest BCUT2D eigenvalue weighted by Gasteiger charge is -2.25. The number of benzene rings is 1. The predicted octanol–water partition coefficient (Wildman–Crippen LogP) is 2.98. The molecule has 0 fully saturated rings. The van der Waals surface area contributed by atoms with Crippen LogP contribution in [0, 0.1) is 11.3 Å². The molecule has 1 N–H and O–H groups in total. The maximum Gasteiger partial charge on any atom is 0.143 e. The summed E-state index contributed by atoms with van der Waals surface area (Å²) in [6.07, 6.45) is -0.775. The third kappa shape index (κ3) is 3.33. The van der Waals surface area contributed by atoms with E-state index in [-0.39, 0.29) is 5.78 Å². The molecule has 0 unspecified atom stereocenters. The Bertz CT molecular complexity index is 401. The Morgan fingerprint density at radius 1 is 1.22 bits per heavy atom. The SMILES string of the molecule is COc1ccc([C@@H](O)[C@@H](C)C(=O)C(C)(C)C)cc1. The van der Waals surface area contributed by atoms with E-state index < -0.39 is 17.4 Å². The highest BCUT2D eigenvalue weighted by atomic mass is 16.5. The van der Waals surface area contributed by atoms with E-state index >= 15 is 0 Å². The smallest absolute Gasteiger partial charge is 0.143 e. The van der Waals surface area contributed by atoms with Crippen molar-refractivity contribution >= 4 is 5.78 Å². The zero-order chi connectivity index (χ0) is 13.9. The second kappa shape index (κ2) is 5.53. The molecule has 1 aromatic carbocycles. The van der Waals surface area contributed by atoms with Gasteiger partial charge in [0.1, 0.15) is 11.5 Å². The van der Waals surface area contributed by atoms with Crippen LogP contribution < -0.4 is 4.74 Å². The van der Waals surface area contributed by atoms with E-state index in [1.807, 2.05) is 20.8 Å². The topological polar surface area (TPSA) is 46.5 Å². The summed E-state index contributed by atoms with van der Waals surface area (Å²) in [5.74, 6) is 0.380. The molecule has 0 bridgehead atoms. The van der Waals surface area contributed by atoms with Crippen molar-refractivity contribution in [3.8, 4) is 5.75 Å². The van der Waals surface area contributed by atoms with E-state index in [1.165, 1.54) is 0 Å². The lowest BCUT2D eigenvalue weighted by Crippen LogP contribution is -2.30. The molecule has 3 nitrogen and oxygen atoms in total. The summed E-state index contributed by atoms with van der Waals surface area (Å²) in [7, 11) is 1.59. The summed E-state index contributed by atoms with van der Waals surface area (Å²) >= 11 is 0. The van der Waals surface area contributed by atoms with Crippen molar-refractivity contribution in [3.05, 3.63) is 29.8 Å². The minimum absolute atomic E-state index is 0.0609. The molecule has 0 radical (unpaired) electrons. The summed E-state index contributed by atoms with van der Waals surface area (Å²) in [4.78, 5) is 12.1. The van der Waals surface area contributed by atoms with E-state index in [2.05, 4.69) is 0 Å². The molecule has 0 amide bonds. The van der Waals surface area contributed by atoms with Crippen molar-refractivity contribution < 1.29 is 14.6 Å². The van der Waals surface area contributed by atoms with E-state index in [0.29, 0.717) is 0 Å². The van der Waals surface area contributed by atoms with Gasteiger partial charge in [0, 0.05) is 11.3 Å². The van der Waals surface area contributed by atoms with Gasteiger partial charge >= 0.3 is 0 Å². The Morgan fingerprint density at radius 2 is 1.72 bits per heavy atom. The first-order chi connectivity index (χ1) is 8.27. The summed E-state index contributed by atoms with van der Waals surface area (Å²) in [5.41, 5.74) is 0.299. The molecule has 1 rings (SSSR count). The van der Waals surface area contributed by atoms with E-state index in [9.17, 15) is 9.90 Å². The summed E-state index contributed by atoms with van der Waals surface area (Å²) in [5, 5.41) is 10.2. The maximum absolute atomic E-state index is 12.1. The number of carbonyl (C=O) groups excluding carboxylic acids is 1. The second-order valence-electron chi connectivity index (χ2n) is 5.62. The van der Waals surface area contributed by atoms with Crippen LogP contribution in [0.3, 0.4) is 0 Å². The van der Waals surface area contributed by atoms with Crippen molar-refractivity contribution in [2.24, 2.45) is 11.3 Å². The lowest BCUT2D eigenvalue weighted by molar-refractivity contribution is -0.133. The molecule has 0 saturated carbocycles. The number of hydrogen-bond acceptors (Lipinski definition) is 3. The Morgan fingerprint density at radius 3 is 2.11 bits per heavy atom. The lowest BCUT2D eigenvalue weighted by atomic mass is 9.80. The van der Waals surface area contributed by atoms with Crippen LogP contribution in [0.25, 0.3) is 0 Å². The van der Waals surface area contributed by atoms with Crippen molar-refractivity contribution in [3.63, 3.8) is 0 Å². The Kier molecular flexibility index (Phi) is 4.52. The number of ketones is 1. The summed E-state index contributed by atoms with van der Waals surface area (Å²) < 4.78 is 5.06. The van der Waals surface area contributed by atoms with Crippen LogP contribution in [-0.4, -0.2) is 18.0 Å². The fourth-order valence-corrected chi connectivity index (χ4v) is 1.92. The first-order valence-corrected chi connectivity index (χ1v) is 6.13. The molecule has 0 saturated heterocycles. The molecule has 0 aromatic heterocycles. The highest BCUT2D eigenvalue weighted by Gasteiger charge is 2.31. The van der Waals surface area contributed by atoms with Crippen LogP contribution in [0.1, 0.15) is 39.4 Å². The normalized spacial score (nSPS) is 15.0. The number of ether oxygens (including phenoxy) is 1. The molecule has 0 aliphatic heterocycles. The van der Waals surface area contributed by atoms with Gasteiger partial charge in [-0.15, -0.1) is 0 Å². The van der Waals surface area contributed by atoms with Gasteiger partial charge in [0.25, 0.3) is 0 Å². The predicted molar refractivity (Wildman–Crippen MR) is 71.6 cm³/mol. The quantitative estimate of drug-likeness (QED) is 0.893. The highest BCUT2D eigenvalue weighted by molar-refractivity contribution is 5.86. The summed E-state index contributed by atoms with van der Waals surface area (Å²) in [6, 6.07) is 7.14. The number of Topliss-reactive ketones (excluding diaryl/α,β-unsaturated/α-hetero) is 1. The van der Waals surface area contributed by atoms with Gasteiger partial charge < -0.3 is 9.84 Å². The van der Waals surface area contributed by atoms with Gasteiger partial charge in [-0.2, -0.15) is 0 Å². The summed E-state index contributed by atoms with van der Waals surface area (Å²) in [6.45, 7) is 7.37. The average molecular weight is 250 g/mol.